The second kappa shape index (κ2) is 5.69. The number of hydrogen-bond donors (Lipinski definition) is 1. The lowest BCUT2D eigenvalue weighted by atomic mass is 10.3. The van der Waals surface area contributed by atoms with Crippen molar-refractivity contribution >= 4 is 5.65 Å². The fourth-order valence-electron chi connectivity index (χ4n) is 2.49. The Kier molecular flexibility index (Phi) is 3.75. The van der Waals surface area contributed by atoms with E-state index in [9.17, 15) is 0 Å². The van der Waals surface area contributed by atoms with Gasteiger partial charge >= 0.3 is 0 Å². The number of fused-ring (bicyclic) bond motifs is 1. The normalized spacial score (nSPS) is 11.4. The third kappa shape index (κ3) is 2.45. The number of nitrogens with one attached hydrogen (secondary N) is 1. The fraction of sp³-hybridized carbons (Fsp3) is 0.375. The summed E-state index contributed by atoms with van der Waals surface area (Å²) in [5.74, 6) is 0.961. The molecule has 1 N–H and O–H groups in total. The van der Waals surface area contributed by atoms with Gasteiger partial charge in [0.2, 0.25) is 0 Å². The van der Waals surface area contributed by atoms with Crippen molar-refractivity contribution in [2.24, 2.45) is 0 Å². The zero-order chi connectivity index (χ0) is 14.8. The minimum atomic E-state index is 0.797. The lowest BCUT2D eigenvalue weighted by Gasteiger charge is -2.08. The molecule has 0 aliphatic heterocycles. The van der Waals surface area contributed by atoms with E-state index in [-0.39, 0.29) is 0 Å². The Bertz CT molecular complexity index is 753. The maximum Gasteiger partial charge on any atom is 0.162 e. The molecule has 21 heavy (non-hydrogen) atoms. The minimum absolute atomic E-state index is 0.797. The number of aromatic nitrogens is 4. The van der Waals surface area contributed by atoms with Crippen molar-refractivity contribution in [3.8, 4) is 5.82 Å². The summed E-state index contributed by atoms with van der Waals surface area (Å²) in [6, 6.07) is 6.08. The van der Waals surface area contributed by atoms with Crippen LogP contribution in [0.3, 0.4) is 0 Å². The largest absolute Gasteiger partial charge is 0.311 e. The smallest absolute Gasteiger partial charge is 0.162 e. The standard InChI is InChI=1S/C16H21N5/c1-4-8-17-10-14-16(21-11-18-12(2)13(21)3)19-15-7-5-6-9-20(14)15/h5-7,9,11,17H,4,8,10H2,1-3H3. The van der Waals surface area contributed by atoms with Crippen LogP contribution in [0.4, 0.5) is 0 Å². The summed E-state index contributed by atoms with van der Waals surface area (Å²) in [5.41, 5.74) is 4.31. The van der Waals surface area contributed by atoms with Gasteiger partial charge in [-0.3, -0.25) is 4.57 Å². The average molecular weight is 283 g/mol. The predicted octanol–water partition coefficient (Wildman–Crippen LogP) is 2.64. The van der Waals surface area contributed by atoms with Crippen LogP contribution in [0.1, 0.15) is 30.4 Å². The zero-order valence-corrected chi connectivity index (χ0v) is 12.8. The van der Waals surface area contributed by atoms with E-state index in [1.807, 2.05) is 31.5 Å². The molecule has 0 spiro atoms. The van der Waals surface area contributed by atoms with E-state index < -0.39 is 0 Å². The highest BCUT2D eigenvalue weighted by molar-refractivity contribution is 5.49. The monoisotopic (exact) mass is 283 g/mol. The van der Waals surface area contributed by atoms with E-state index in [0.717, 1.165) is 42.4 Å². The lowest BCUT2D eigenvalue weighted by Crippen LogP contribution is -2.17. The Hall–Kier alpha value is -2.14. The van der Waals surface area contributed by atoms with Crippen molar-refractivity contribution in [3.63, 3.8) is 0 Å². The maximum absolute atomic E-state index is 4.78. The van der Waals surface area contributed by atoms with Crippen LogP contribution < -0.4 is 5.32 Å². The molecule has 3 rings (SSSR count). The highest BCUT2D eigenvalue weighted by atomic mass is 15.2. The zero-order valence-electron chi connectivity index (χ0n) is 12.8. The first-order chi connectivity index (χ1) is 10.2. The predicted molar refractivity (Wildman–Crippen MR) is 83.8 cm³/mol. The van der Waals surface area contributed by atoms with Gasteiger partial charge in [0.1, 0.15) is 12.0 Å². The Morgan fingerprint density at radius 2 is 2.10 bits per heavy atom. The van der Waals surface area contributed by atoms with Crippen LogP contribution in [-0.2, 0) is 6.54 Å². The highest BCUT2D eigenvalue weighted by Crippen LogP contribution is 2.19. The molecule has 3 aromatic rings. The first kappa shape index (κ1) is 13.8. The molecule has 0 fully saturated rings. The van der Waals surface area contributed by atoms with Crippen molar-refractivity contribution in [2.75, 3.05) is 6.54 Å². The van der Waals surface area contributed by atoms with Crippen LogP contribution in [0.25, 0.3) is 11.5 Å². The number of aryl methyl sites for hydroxylation is 1. The van der Waals surface area contributed by atoms with E-state index in [2.05, 4.69) is 39.3 Å². The second-order valence-electron chi connectivity index (χ2n) is 5.27. The summed E-state index contributed by atoms with van der Waals surface area (Å²) in [6.45, 7) is 8.07. The molecule has 0 amide bonds. The Morgan fingerprint density at radius 1 is 1.24 bits per heavy atom. The lowest BCUT2D eigenvalue weighted by molar-refractivity contribution is 0.657. The molecule has 0 aromatic carbocycles. The van der Waals surface area contributed by atoms with Crippen LogP contribution in [-0.4, -0.2) is 25.5 Å². The number of pyridine rings is 1. The number of imidazole rings is 2. The molecule has 0 aliphatic carbocycles. The van der Waals surface area contributed by atoms with Crippen molar-refractivity contribution in [3.05, 3.63) is 47.8 Å². The summed E-state index contributed by atoms with van der Waals surface area (Å²) < 4.78 is 4.22. The van der Waals surface area contributed by atoms with Gasteiger partial charge in [-0.2, -0.15) is 0 Å². The van der Waals surface area contributed by atoms with Gasteiger partial charge in [0.25, 0.3) is 0 Å². The van der Waals surface area contributed by atoms with Crippen molar-refractivity contribution in [2.45, 2.75) is 33.7 Å². The summed E-state index contributed by atoms with van der Waals surface area (Å²) in [7, 11) is 0. The van der Waals surface area contributed by atoms with Gasteiger partial charge in [0.15, 0.2) is 5.82 Å². The molecule has 0 saturated heterocycles. The number of nitrogens with zero attached hydrogens (tertiary/aromatic N) is 4. The van der Waals surface area contributed by atoms with Crippen molar-refractivity contribution < 1.29 is 0 Å². The second-order valence-corrected chi connectivity index (χ2v) is 5.27. The van der Waals surface area contributed by atoms with Crippen molar-refractivity contribution in [1.82, 2.24) is 24.3 Å². The van der Waals surface area contributed by atoms with Crippen LogP contribution in [0, 0.1) is 13.8 Å². The molecule has 5 nitrogen and oxygen atoms in total. The third-order valence-corrected chi connectivity index (χ3v) is 3.81. The van der Waals surface area contributed by atoms with Crippen LogP contribution in [0.5, 0.6) is 0 Å². The van der Waals surface area contributed by atoms with Gasteiger partial charge in [-0.25, -0.2) is 9.97 Å². The van der Waals surface area contributed by atoms with Crippen molar-refractivity contribution in [1.29, 1.82) is 0 Å². The third-order valence-electron chi connectivity index (χ3n) is 3.81. The SMILES string of the molecule is CCCNCc1c(-n2cnc(C)c2C)nc2ccccn12. The number of rotatable bonds is 5. The number of hydrogen-bond acceptors (Lipinski definition) is 3. The molecular weight excluding hydrogens is 262 g/mol. The van der Waals surface area contributed by atoms with Crippen LogP contribution in [0.15, 0.2) is 30.7 Å². The van der Waals surface area contributed by atoms with E-state index >= 15 is 0 Å². The molecule has 5 heteroatoms. The van der Waals surface area contributed by atoms with Gasteiger partial charge in [-0.15, -0.1) is 0 Å². The molecule has 0 bridgehead atoms. The maximum atomic E-state index is 4.78. The molecule has 3 heterocycles. The van der Waals surface area contributed by atoms with Crippen LogP contribution >= 0.6 is 0 Å². The summed E-state index contributed by atoms with van der Waals surface area (Å²) in [5, 5.41) is 3.47. The summed E-state index contributed by atoms with van der Waals surface area (Å²) >= 11 is 0. The summed E-state index contributed by atoms with van der Waals surface area (Å²) in [4.78, 5) is 9.18. The minimum Gasteiger partial charge on any atom is -0.311 e. The Morgan fingerprint density at radius 3 is 2.81 bits per heavy atom. The highest BCUT2D eigenvalue weighted by Gasteiger charge is 2.15. The van der Waals surface area contributed by atoms with Gasteiger partial charge < -0.3 is 9.72 Å². The van der Waals surface area contributed by atoms with Crippen LogP contribution in [0.2, 0.25) is 0 Å². The average Bonchev–Trinajstić information content (AvgIpc) is 3.01. The molecule has 0 aliphatic rings. The molecule has 110 valence electrons. The molecule has 0 saturated carbocycles. The van der Waals surface area contributed by atoms with Gasteiger partial charge in [0.05, 0.1) is 11.4 Å². The molecular formula is C16H21N5. The molecule has 3 aromatic heterocycles. The molecule has 0 radical (unpaired) electrons. The Balaban J connectivity index is 2.12. The quantitative estimate of drug-likeness (QED) is 0.732. The van der Waals surface area contributed by atoms with E-state index in [1.165, 1.54) is 5.69 Å². The topological polar surface area (TPSA) is 47.2 Å². The molecule has 0 unspecified atom stereocenters. The Labute approximate surface area is 124 Å². The van der Waals surface area contributed by atoms with E-state index in [0.29, 0.717) is 0 Å². The van der Waals surface area contributed by atoms with E-state index in [4.69, 9.17) is 4.98 Å². The van der Waals surface area contributed by atoms with Gasteiger partial charge in [-0.1, -0.05) is 13.0 Å². The fourth-order valence-corrected chi connectivity index (χ4v) is 2.49. The summed E-state index contributed by atoms with van der Waals surface area (Å²) in [6.07, 6.45) is 5.04. The van der Waals surface area contributed by atoms with Gasteiger partial charge in [0, 0.05) is 18.4 Å². The molecule has 0 atom stereocenters. The first-order valence-electron chi connectivity index (χ1n) is 7.40. The first-order valence-corrected chi connectivity index (χ1v) is 7.40. The van der Waals surface area contributed by atoms with E-state index in [1.54, 1.807) is 0 Å². The van der Waals surface area contributed by atoms with Gasteiger partial charge in [-0.05, 0) is 38.9 Å².